The lowest BCUT2D eigenvalue weighted by Gasteiger charge is -2.40. The molecule has 172 valence electrons. The summed E-state index contributed by atoms with van der Waals surface area (Å²) < 4.78 is 18.1. The van der Waals surface area contributed by atoms with Crippen LogP contribution in [0.4, 0.5) is 0 Å². The van der Waals surface area contributed by atoms with E-state index < -0.39 is 18.3 Å². The van der Waals surface area contributed by atoms with Crippen LogP contribution in [0.1, 0.15) is 21.5 Å². The van der Waals surface area contributed by atoms with Gasteiger partial charge in [-0.15, -0.1) is 11.8 Å². The first-order chi connectivity index (χ1) is 16.2. The molecule has 6 heteroatoms. The molecule has 0 spiro atoms. The lowest BCUT2D eigenvalue weighted by Crippen LogP contribution is -2.53. The highest BCUT2D eigenvalue weighted by Gasteiger charge is 2.41. The van der Waals surface area contributed by atoms with Crippen molar-refractivity contribution in [1.29, 1.82) is 0 Å². The number of esters is 1. The third kappa shape index (κ3) is 6.68. The van der Waals surface area contributed by atoms with Gasteiger partial charge in [0.1, 0.15) is 18.8 Å². The SMILES string of the molecule is O=C(OC[C@@H]1SC[C@@H](O)[C@@H](OCc2ccccc2)[C@@H]1OCc1ccccc1)c1ccccc1. The van der Waals surface area contributed by atoms with E-state index in [4.69, 9.17) is 14.2 Å². The topological polar surface area (TPSA) is 65.0 Å². The quantitative estimate of drug-likeness (QED) is 0.471. The zero-order valence-corrected chi connectivity index (χ0v) is 19.1. The Kier molecular flexibility index (Phi) is 8.55. The van der Waals surface area contributed by atoms with Crippen LogP contribution in [-0.4, -0.2) is 47.0 Å². The van der Waals surface area contributed by atoms with Gasteiger partial charge in [-0.25, -0.2) is 4.79 Å². The standard InChI is InChI=1S/C27H28O5S/c28-23-19-33-24(18-32-27(29)22-14-8-3-9-15-22)26(31-17-21-12-6-2-7-13-21)25(23)30-16-20-10-4-1-5-11-20/h1-15,23-26,28H,16-19H2/t23-,24+,25-,26-/m1/s1. The van der Waals surface area contributed by atoms with Crippen LogP contribution in [0.2, 0.25) is 0 Å². The van der Waals surface area contributed by atoms with Gasteiger partial charge in [0.25, 0.3) is 0 Å². The fraction of sp³-hybridized carbons (Fsp3) is 0.296. The minimum absolute atomic E-state index is 0.162. The molecule has 1 heterocycles. The molecule has 0 unspecified atom stereocenters. The normalized spacial score (nSPS) is 22.6. The second kappa shape index (κ2) is 12.0. The minimum atomic E-state index is -0.680. The second-order valence-electron chi connectivity index (χ2n) is 7.93. The molecular weight excluding hydrogens is 436 g/mol. The third-order valence-electron chi connectivity index (χ3n) is 5.51. The highest BCUT2D eigenvalue weighted by Crippen LogP contribution is 2.32. The van der Waals surface area contributed by atoms with Gasteiger partial charge in [0.05, 0.1) is 30.1 Å². The summed E-state index contributed by atoms with van der Waals surface area (Å²) in [6.07, 6.45) is -1.65. The van der Waals surface area contributed by atoms with E-state index in [2.05, 4.69) is 0 Å². The minimum Gasteiger partial charge on any atom is -0.461 e. The van der Waals surface area contributed by atoms with Crippen molar-refractivity contribution in [3.05, 3.63) is 108 Å². The number of aliphatic hydroxyl groups is 1. The van der Waals surface area contributed by atoms with Crippen LogP contribution in [0.25, 0.3) is 0 Å². The van der Waals surface area contributed by atoms with E-state index in [-0.39, 0.29) is 17.8 Å². The highest BCUT2D eigenvalue weighted by molar-refractivity contribution is 8.00. The molecule has 33 heavy (non-hydrogen) atoms. The summed E-state index contributed by atoms with van der Waals surface area (Å²) in [7, 11) is 0. The summed E-state index contributed by atoms with van der Waals surface area (Å²) >= 11 is 1.54. The van der Waals surface area contributed by atoms with Gasteiger partial charge in [0.15, 0.2) is 0 Å². The largest absolute Gasteiger partial charge is 0.461 e. The highest BCUT2D eigenvalue weighted by atomic mass is 32.2. The van der Waals surface area contributed by atoms with E-state index in [1.165, 1.54) is 0 Å². The molecule has 1 aliphatic rings. The lowest BCUT2D eigenvalue weighted by atomic mass is 10.0. The molecule has 1 aliphatic heterocycles. The zero-order valence-electron chi connectivity index (χ0n) is 18.3. The Morgan fingerprint density at radius 2 is 1.30 bits per heavy atom. The number of hydrogen-bond donors (Lipinski definition) is 1. The van der Waals surface area contributed by atoms with Crippen molar-refractivity contribution in [2.75, 3.05) is 12.4 Å². The Bertz CT molecular complexity index is 983. The summed E-state index contributed by atoms with van der Waals surface area (Å²) in [4.78, 5) is 12.5. The second-order valence-corrected chi connectivity index (χ2v) is 9.20. The van der Waals surface area contributed by atoms with Gasteiger partial charge < -0.3 is 19.3 Å². The fourth-order valence-corrected chi connectivity index (χ4v) is 4.96. The van der Waals surface area contributed by atoms with Gasteiger partial charge in [-0.05, 0) is 23.3 Å². The van der Waals surface area contributed by atoms with E-state index in [0.717, 1.165) is 11.1 Å². The van der Waals surface area contributed by atoms with E-state index in [1.54, 1.807) is 23.9 Å². The van der Waals surface area contributed by atoms with Gasteiger partial charge >= 0.3 is 5.97 Å². The molecule has 5 nitrogen and oxygen atoms in total. The molecule has 1 fully saturated rings. The van der Waals surface area contributed by atoms with Crippen LogP contribution in [0.5, 0.6) is 0 Å². The lowest BCUT2D eigenvalue weighted by molar-refractivity contribution is -0.133. The molecule has 1 saturated heterocycles. The predicted octanol–water partition coefficient (Wildman–Crippen LogP) is 4.49. The predicted molar refractivity (Wildman–Crippen MR) is 129 cm³/mol. The fourth-order valence-electron chi connectivity index (χ4n) is 3.74. The van der Waals surface area contributed by atoms with E-state index in [9.17, 15) is 9.90 Å². The van der Waals surface area contributed by atoms with E-state index in [0.29, 0.717) is 24.5 Å². The van der Waals surface area contributed by atoms with Crippen molar-refractivity contribution in [3.63, 3.8) is 0 Å². The first-order valence-corrected chi connectivity index (χ1v) is 12.1. The average Bonchev–Trinajstić information content (AvgIpc) is 2.87. The van der Waals surface area contributed by atoms with Gasteiger partial charge in [0.2, 0.25) is 0 Å². The summed E-state index contributed by atoms with van der Waals surface area (Å²) in [6.45, 7) is 0.928. The van der Waals surface area contributed by atoms with E-state index >= 15 is 0 Å². The monoisotopic (exact) mass is 464 g/mol. The molecule has 1 N–H and O–H groups in total. The van der Waals surface area contributed by atoms with Crippen molar-refractivity contribution >= 4 is 17.7 Å². The Hall–Kier alpha value is -2.64. The summed E-state index contributed by atoms with van der Waals surface area (Å²) in [5, 5.41) is 10.6. The van der Waals surface area contributed by atoms with Gasteiger partial charge in [0, 0.05) is 5.75 Å². The molecule has 0 bridgehead atoms. The van der Waals surface area contributed by atoms with Crippen LogP contribution in [0.15, 0.2) is 91.0 Å². The molecule has 0 saturated carbocycles. The number of aliphatic hydroxyl groups excluding tert-OH is 1. The molecular formula is C27H28O5S. The molecule has 0 aromatic heterocycles. The van der Waals surface area contributed by atoms with Crippen molar-refractivity contribution in [2.45, 2.75) is 36.8 Å². The maximum absolute atomic E-state index is 12.5. The van der Waals surface area contributed by atoms with Crippen LogP contribution in [-0.2, 0) is 27.4 Å². The molecule has 4 atom stereocenters. The molecule has 4 rings (SSSR count). The van der Waals surface area contributed by atoms with Crippen LogP contribution in [0, 0.1) is 0 Å². The average molecular weight is 465 g/mol. The van der Waals surface area contributed by atoms with Crippen molar-refractivity contribution in [3.8, 4) is 0 Å². The summed E-state index contributed by atoms with van der Waals surface area (Å²) in [6, 6.07) is 28.7. The van der Waals surface area contributed by atoms with Crippen molar-refractivity contribution in [1.82, 2.24) is 0 Å². The van der Waals surface area contributed by atoms with Gasteiger partial charge in [-0.3, -0.25) is 0 Å². The molecule has 0 amide bonds. The Morgan fingerprint density at radius 3 is 1.88 bits per heavy atom. The molecule has 3 aromatic rings. The van der Waals surface area contributed by atoms with E-state index in [1.807, 2.05) is 78.9 Å². The molecule has 0 radical (unpaired) electrons. The van der Waals surface area contributed by atoms with Gasteiger partial charge in [-0.1, -0.05) is 78.9 Å². The zero-order chi connectivity index (χ0) is 22.9. The number of carbonyl (C=O) groups is 1. The number of rotatable bonds is 9. The summed E-state index contributed by atoms with van der Waals surface area (Å²) in [5.74, 6) is 0.115. The molecule has 0 aliphatic carbocycles. The molecule has 3 aromatic carbocycles. The maximum atomic E-state index is 12.5. The number of carbonyl (C=O) groups excluding carboxylic acids is 1. The maximum Gasteiger partial charge on any atom is 0.338 e. The Balaban J connectivity index is 1.45. The van der Waals surface area contributed by atoms with Gasteiger partial charge in [-0.2, -0.15) is 0 Å². The van der Waals surface area contributed by atoms with Crippen LogP contribution in [0.3, 0.4) is 0 Å². The smallest absolute Gasteiger partial charge is 0.338 e. The number of benzene rings is 3. The first-order valence-electron chi connectivity index (χ1n) is 11.0. The van der Waals surface area contributed by atoms with Crippen LogP contribution >= 0.6 is 11.8 Å². The van der Waals surface area contributed by atoms with Crippen LogP contribution < -0.4 is 0 Å². The number of ether oxygens (including phenoxy) is 3. The first kappa shape index (κ1) is 23.5. The summed E-state index contributed by atoms with van der Waals surface area (Å²) in [5.41, 5.74) is 2.57. The number of hydrogen-bond acceptors (Lipinski definition) is 6. The Labute approximate surface area is 198 Å². The van der Waals surface area contributed by atoms with Crippen molar-refractivity contribution in [2.24, 2.45) is 0 Å². The Morgan fingerprint density at radius 1 is 0.788 bits per heavy atom. The third-order valence-corrected chi connectivity index (χ3v) is 6.88. The number of thioether (sulfide) groups is 1. The van der Waals surface area contributed by atoms with Crippen molar-refractivity contribution < 1.29 is 24.1 Å².